The Labute approximate surface area is 163 Å². The maximum absolute atomic E-state index is 12.6. The van der Waals surface area contributed by atoms with E-state index in [-0.39, 0.29) is 10.5 Å². The van der Waals surface area contributed by atoms with Crippen LogP contribution in [0.3, 0.4) is 0 Å². The number of nitrogens with zero attached hydrogens (tertiary/aromatic N) is 2. The van der Waals surface area contributed by atoms with Gasteiger partial charge in [-0.3, -0.25) is 5.43 Å². The largest absolute Gasteiger partial charge is 0.478 e. The van der Waals surface area contributed by atoms with Gasteiger partial charge in [-0.25, -0.2) is 13.2 Å². The van der Waals surface area contributed by atoms with Gasteiger partial charge in [0, 0.05) is 13.1 Å². The summed E-state index contributed by atoms with van der Waals surface area (Å²) in [6.45, 7) is 3.28. The molecule has 1 heterocycles. The van der Waals surface area contributed by atoms with Gasteiger partial charge in [-0.15, -0.1) is 0 Å². The summed E-state index contributed by atoms with van der Waals surface area (Å²) in [6, 6.07) is 12.8. The number of anilines is 1. The second-order valence-corrected chi connectivity index (χ2v) is 8.17. The Morgan fingerprint density at radius 3 is 2.43 bits per heavy atom. The minimum Gasteiger partial charge on any atom is -0.478 e. The second kappa shape index (κ2) is 8.51. The van der Waals surface area contributed by atoms with Crippen LogP contribution < -0.4 is 5.43 Å². The first-order chi connectivity index (χ1) is 13.4. The summed E-state index contributed by atoms with van der Waals surface area (Å²) in [5.41, 5.74) is 4.92. The number of morpholine rings is 1. The van der Waals surface area contributed by atoms with Gasteiger partial charge in [-0.05, 0) is 42.8 Å². The highest BCUT2D eigenvalue weighted by atomic mass is 32.2. The van der Waals surface area contributed by atoms with Crippen LogP contribution in [0, 0.1) is 0 Å². The third-order valence-electron chi connectivity index (χ3n) is 4.34. The molecule has 1 fully saturated rings. The van der Waals surface area contributed by atoms with Crippen molar-refractivity contribution in [2.45, 2.75) is 11.8 Å². The number of benzene rings is 2. The molecule has 0 amide bonds. The SMILES string of the molecule is C/C(=N\Nc1cccc(C(=O)O)c1)c1ccc(S(=O)(=O)N2CCOCC2)cc1. The van der Waals surface area contributed by atoms with E-state index in [0.29, 0.717) is 37.7 Å². The summed E-state index contributed by atoms with van der Waals surface area (Å²) in [7, 11) is -3.53. The maximum Gasteiger partial charge on any atom is 0.335 e. The molecule has 1 saturated heterocycles. The number of carbonyl (C=O) groups is 1. The molecular formula is C19H21N3O5S. The van der Waals surface area contributed by atoms with E-state index >= 15 is 0 Å². The van der Waals surface area contributed by atoms with Gasteiger partial charge >= 0.3 is 5.97 Å². The molecule has 0 bridgehead atoms. The lowest BCUT2D eigenvalue weighted by atomic mass is 10.1. The van der Waals surface area contributed by atoms with Gasteiger partial charge in [0.05, 0.1) is 35.1 Å². The van der Waals surface area contributed by atoms with Crippen molar-refractivity contribution in [3.8, 4) is 0 Å². The normalized spacial score (nSPS) is 16.0. The Bertz CT molecular complexity index is 981. The molecule has 9 heteroatoms. The first kappa shape index (κ1) is 20.0. The van der Waals surface area contributed by atoms with E-state index in [0.717, 1.165) is 5.56 Å². The lowest BCUT2D eigenvalue weighted by Gasteiger charge is -2.26. The van der Waals surface area contributed by atoms with Crippen LogP contribution >= 0.6 is 0 Å². The van der Waals surface area contributed by atoms with Crippen LogP contribution in [0.1, 0.15) is 22.8 Å². The number of hydrazone groups is 1. The molecule has 1 aliphatic heterocycles. The Morgan fingerprint density at radius 2 is 1.79 bits per heavy atom. The highest BCUT2D eigenvalue weighted by molar-refractivity contribution is 7.89. The minimum atomic E-state index is -3.53. The summed E-state index contributed by atoms with van der Waals surface area (Å²) >= 11 is 0. The summed E-state index contributed by atoms with van der Waals surface area (Å²) in [5.74, 6) is -1.01. The van der Waals surface area contributed by atoms with Crippen molar-refractivity contribution in [3.05, 3.63) is 59.7 Å². The van der Waals surface area contributed by atoms with Crippen molar-refractivity contribution in [1.82, 2.24) is 4.31 Å². The highest BCUT2D eigenvalue weighted by Crippen LogP contribution is 2.18. The van der Waals surface area contributed by atoms with E-state index in [2.05, 4.69) is 10.5 Å². The van der Waals surface area contributed by atoms with Gasteiger partial charge in [-0.1, -0.05) is 18.2 Å². The standard InChI is InChI=1S/C19H21N3O5S/c1-14(20-21-17-4-2-3-16(13-17)19(23)24)15-5-7-18(8-6-15)28(25,26)22-9-11-27-12-10-22/h2-8,13,21H,9-12H2,1H3,(H,23,24)/b20-14+. The molecule has 0 saturated carbocycles. The molecule has 2 aromatic carbocycles. The van der Waals surface area contributed by atoms with Crippen molar-refractivity contribution in [2.75, 3.05) is 31.7 Å². The third kappa shape index (κ3) is 4.56. The van der Waals surface area contributed by atoms with Crippen LogP contribution in [0.15, 0.2) is 58.5 Å². The zero-order chi connectivity index (χ0) is 20.1. The summed E-state index contributed by atoms with van der Waals surface area (Å²) < 4.78 is 31.9. The molecule has 28 heavy (non-hydrogen) atoms. The number of hydrogen-bond donors (Lipinski definition) is 2. The molecule has 0 aromatic heterocycles. The van der Waals surface area contributed by atoms with E-state index in [9.17, 15) is 13.2 Å². The number of nitrogens with one attached hydrogen (secondary N) is 1. The van der Waals surface area contributed by atoms with Gasteiger partial charge in [-0.2, -0.15) is 9.41 Å². The van der Waals surface area contributed by atoms with Crippen LogP contribution in [0.4, 0.5) is 5.69 Å². The van der Waals surface area contributed by atoms with E-state index in [1.165, 1.54) is 16.4 Å². The summed E-state index contributed by atoms with van der Waals surface area (Å²) in [4.78, 5) is 11.2. The van der Waals surface area contributed by atoms with E-state index < -0.39 is 16.0 Å². The Kier molecular flexibility index (Phi) is 6.08. The summed E-state index contributed by atoms with van der Waals surface area (Å²) in [6.07, 6.45) is 0. The highest BCUT2D eigenvalue weighted by Gasteiger charge is 2.26. The van der Waals surface area contributed by atoms with Gasteiger partial charge < -0.3 is 9.84 Å². The zero-order valence-corrected chi connectivity index (χ0v) is 16.1. The fourth-order valence-corrected chi connectivity index (χ4v) is 4.15. The quantitative estimate of drug-likeness (QED) is 0.566. The van der Waals surface area contributed by atoms with Crippen molar-refractivity contribution in [3.63, 3.8) is 0 Å². The lowest BCUT2D eigenvalue weighted by Crippen LogP contribution is -2.40. The van der Waals surface area contributed by atoms with Crippen molar-refractivity contribution >= 4 is 27.4 Å². The average Bonchev–Trinajstić information content (AvgIpc) is 2.73. The fraction of sp³-hybridized carbons (Fsp3) is 0.263. The van der Waals surface area contributed by atoms with Gasteiger partial charge in [0.2, 0.25) is 10.0 Å². The molecule has 0 spiro atoms. The molecule has 0 unspecified atom stereocenters. The first-order valence-corrected chi connectivity index (χ1v) is 10.1. The van der Waals surface area contributed by atoms with Gasteiger partial charge in [0.1, 0.15) is 0 Å². The van der Waals surface area contributed by atoms with E-state index in [4.69, 9.17) is 9.84 Å². The second-order valence-electron chi connectivity index (χ2n) is 6.24. The molecule has 2 aromatic rings. The molecular weight excluding hydrogens is 382 g/mol. The smallest absolute Gasteiger partial charge is 0.335 e. The minimum absolute atomic E-state index is 0.163. The van der Waals surface area contributed by atoms with Crippen molar-refractivity contribution in [2.24, 2.45) is 5.10 Å². The number of ether oxygens (including phenoxy) is 1. The maximum atomic E-state index is 12.6. The van der Waals surface area contributed by atoms with Gasteiger partial charge in [0.15, 0.2) is 0 Å². The average molecular weight is 403 g/mol. The lowest BCUT2D eigenvalue weighted by molar-refractivity contribution is 0.0697. The Hall–Kier alpha value is -2.75. The van der Waals surface area contributed by atoms with Gasteiger partial charge in [0.25, 0.3) is 0 Å². The Morgan fingerprint density at radius 1 is 1.11 bits per heavy atom. The van der Waals surface area contributed by atoms with Crippen LogP contribution in [0.5, 0.6) is 0 Å². The molecule has 8 nitrogen and oxygen atoms in total. The van der Waals surface area contributed by atoms with Crippen LogP contribution in [-0.4, -0.2) is 55.8 Å². The van der Waals surface area contributed by atoms with E-state index in [1.54, 1.807) is 43.3 Å². The molecule has 1 aliphatic rings. The molecule has 0 aliphatic carbocycles. The van der Waals surface area contributed by atoms with Crippen LogP contribution in [-0.2, 0) is 14.8 Å². The molecule has 148 valence electrons. The predicted molar refractivity (Wildman–Crippen MR) is 105 cm³/mol. The number of carboxylic acids is 1. The molecule has 0 radical (unpaired) electrons. The first-order valence-electron chi connectivity index (χ1n) is 8.70. The number of carboxylic acid groups (broad SMARTS) is 1. The van der Waals surface area contributed by atoms with Crippen LogP contribution in [0.25, 0.3) is 0 Å². The van der Waals surface area contributed by atoms with E-state index in [1.807, 2.05) is 0 Å². The van der Waals surface area contributed by atoms with Crippen molar-refractivity contribution < 1.29 is 23.1 Å². The number of sulfonamides is 1. The molecule has 0 atom stereocenters. The van der Waals surface area contributed by atoms with Crippen LogP contribution in [0.2, 0.25) is 0 Å². The topological polar surface area (TPSA) is 108 Å². The monoisotopic (exact) mass is 403 g/mol. The summed E-state index contributed by atoms with van der Waals surface area (Å²) in [5, 5.41) is 13.3. The molecule has 2 N–H and O–H groups in total. The number of hydrogen-bond acceptors (Lipinski definition) is 6. The zero-order valence-electron chi connectivity index (χ0n) is 15.3. The molecule has 3 rings (SSSR count). The third-order valence-corrected chi connectivity index (χ3v) is 6.26. The Balaban J connectivity index is 1.72. The van der Waals surface area contributed by atoms with Crippen molar-refractivity contribution in [1.29, 1.82) is 0 Å². The number of rotatable bonds is 6. The fourth-order valence-electron chi connectivity index (χ4n) is 2.74. The number of aromatic carboxylic acids is 1. The predicted octanol–water partition coefficient (Wildman–Crippen LogP) is 2.24.